The maximum atomic E-state index is 14.0. The van der Waals surface area contributed by atoms with Crippen LogP contribution in [-0.2, 0) is 9.59 Å². The van der Waals surface area contributed by atoms with Gasteiger partial charge in [-0.25, -0.2) is 0 Å². The summed E-state index contributed by atoms with van der Waals surface area (Å²) in [6, 6.07) is 8.08. The molecule has 0 aromatic heterocycles. The van der Waals surface area contributed by atoms with Crippen LogP contribution in [0, 0.1) is 12.3 Å². The molecule has 1 spiro atoms. The number of piperidine rings is 2. The van der Waals surface area contributed by atoms with Crippen LogP contribution in [0.4, 0.5) is 11.4 Å². The summed E-state index contributed by atoms with van der Waals surface area (Å²) in [5.41, 5.74) is 3.92. The molecule has 4 saturated heterocycles. The average Bonchev–Trinajstić information content (AvgIpc) is 3.58. The Morgan fingerprint density at radius 1 is 1.00 bits per heavy atom. The van der Waals surface area contributed by atoms with Crippen LogP contribution in [0.2, 0.25) is 0 Å². The van der Waals surface area contributed by atoms with E-state index in [9.17, 15) is 9.59 Å². The van der Waals surface area contributed by atoms with Gasteiger partial charge in [-0.2, -0.15) is 0 Å². The Kier molecular flexibility index (Phi) is 7.99. The summed E-state index contributed by atoms with van der Waals surface area (Å²) < 4.78 is 0. The van der Waals surface area contributed by atoms with E-state index in [1.165, 1.54) is 37.1 Å². The molecule has 0 bridgehead atoms. The summed E-state index contributed by atoms with van der Waals surface area (Å²) in [5, 5.41) is 0. The van der Waals surface area contributed by atoms with Crippen LogP contribution in [0.25, 0.3) is 0 Å². The normalized spacial score (nSPS) is 26.8. The number of anilines is 2. The molecule has 5 rings (SSSR count). The number of likely N-dealkylation sites (tertiary alicyclic amines) is 2. The summed E-state index contributed by atoms with van der Waals surface area (Å²) in [6.45, 7) is 13.9. The number of rotatable bonds is 5. The number of nitrogens with zero attached hydrogens (tertiary/aromatic N) is 4. The van der Waals surface area contributed by atoms with E-state index in [1.807, 2.05) is 37.0 Å². The van der Waals surface area contributed by atoms with Crippen molar-refractivity contribution in [1.82, 2.24) is 9.80 Å². The number of carbonyl (C=O) groups excluding carboxylic acids is 2. The topological polar surface area (TPSA) is 47.1 Å². The Hall–Kier alpha value is -2.60. The Balaban J connectivity index is 1.25. The molecule has 0 radical (unpaired) electrons. The van der Waals surface area contributed by atoms with E-state index in [1.54, 1.807) is 0 Å². The van der Waals surface area contributed by atoms with Crippen molar-refractivity contribution < 1.29 is 9.59 Å². The molecule has 2 amide bonds. The third-order valence-electron chi connectivity index (χ3n) is 9.72. The Labute approximate surface area is 229 Å². The van der Waals surface area contributed by atoms with Gasteiger partial charge >= 0.3 is 0 Å². The number of carbonyl (C=O) groups is 2. The van der Waals surface area contributed by atoms with Gasteiger partial charge in [0.2, 0.25) is 5.91 Å². The van der Waals surface area contributed by atoms with Crippen LogP contribution in [-0.4, -0.2) is 73.0 Å². The van der Waals surface area contributed by atoms with Gasteiger partial charge in [0.15, 0.2) is 0 Å². The molecule has 38 heavy (non-hydrogen) atoms. The Bertz CT molecular complexity index is 1100. The summed E-state index contributed by atoms with van der Waals surface area (Å²) in [4.78, 5) is 36.2. The maximum absolute atomic E-state index is 14.0. The number of hydrogen-bond acceptors (Lipinski definition) is 4. The second-order valence-corrected chi connectivity index (χ2v) is 12.0. The Morgan fingerprint density at radius 3 is 2.45 bits per heavy atom. The summed E-state index contributed by atoms with van der Waals surface area (Å²) in [6.07, 6.45) is 13.0. The van der Waals surface area contributed by atoms with Crippen LogP contribution in [0.15, 0.2) is 42.0 Å². The van der Waals surface area contributed by atoms with Gasteiger partial charge in [-0.1, -0.05) is 18.2 Å². The molecular formula is C32H46N4O2. The fourth-order valence-electron chi connectivity index (χ4n) is 7.44. The highest BCUT2D eigenvalue weighted by atomic mass is 16.2. The van der Waals surface area contributed by atoms with Crippen LogP contribution in [0.5, 0.6) is 0 Å². The molecule has 0 aliphatic carbocycles. The number of aryl methyl sites for hydroxylation is 1. The monoisotopic (exact) mass is 518 g/mol. The molecular weight excluding hydrogens is 472 g/mol. The van der Waals surface area contributed by atoms with E-state index >= 15 is 0 Å². The molecule has 2 atom stereocenters. The minimum atomic E-state index is -0.342. The molecule has 1 aromatic carbocycles. The van der Waals surface area contributed by atoms with Crippen molar-refractivity contribution in [2.75, 3.05) is 49.1 Å². The van der Waals surface area contributed by atoms with Crippen LogP contribution >= 0.6 is 0 Å². The molecule has 0 saturated carbocycles. The van der Waals surface area contributed by atoms with Gasteiger partial charge in [0.05, 0.1) is 5.41 Å². The van der Waals surface area contributed by atoms with Gasteiger partial charge < -0.3 is 14.7 Å². The highest BCUT2D eigenvalue weighted by Crippen LogP contribution is 2.43. The zero-order chi connectivity index (χ0) is 26.9. The lowest BCUT2D eigenvalue weighted by atomic mass is 9.71. The van der Waals surface area contributed by atoms with E-state index in [0.717, 1.165) is 56.6 Å². The minimum absolute atomic E-state index is 0.0790. The fourth-order valence-corrected chi connectivity index (χ4v) is 7.44. The van der Waals surface area contributed by atoms with Gasteiger partial charge in [-0.05, 0) is 103 Å². The largest absolute Gasteiger partial charge is 0.370 e. The summed E-state index contributed by atoms with van der Waals surface area (Å²) in [5.74, 6) is 0.339. The van der Waals surface area contributed by atoms with E-state index in [2.05, 4.69) is 46.7 Å². The molecule has 4 aliphatic rings. The molecule has 6 heteroatoms. The predicted octanol–water partition coefficient (Wildman–Crippen LogP) is 5.32. The zero-order valence-corrected chi connectivity index (χ0v) is 23.9. The molecule has 0 unspecified atom stereocenters. The molecule has 206 valence electrons. The number of allylic oxidation sites excluding steroid dienone is 2. The standard InChI is InChI=1S/C32H46N4O2/c1-5-9-26(6-2)30(37)33-20-15-32(16-21-33)14-8-18-36(31(32)38)29-12-11-27(22-24(29)3)34-19-13-28(23-34)35-17-7-10-25(35)4/h5-6,9,11-12,22,25,28H,7-8,10,13-21,23H2,1-4H3/b9-5-,26-6+/t25-,28-/m0/s1. The van der Waals surface area contributed by atoms with Crippen molar-refractivity contribution in [3.05, 3.63) is 47.6 Å². The average molecular weight is 519 g/mol. The molecule has 4 fully saturated rings. The smallest absolute Gasteiger partial charge is 0.253 e. The maximum Gasteiger partial charge on any atom is 0.253 e. The quantitative estimate of drug-likeness (QED) is 0.391. The highest BCUT2D eigenvalue weighted by Gasteiger charge is 2.47. The lowest BCUT2D eigenvalue weighted by molar-refractivity contribution is -0.138. The van der Waals surface area contributed by atoms with E-state index in [0.29, 0.717) is 25.2 Å². The van der Waals surface area contributed by atoms with Crippen molar-refractivity contribution in [1.29, 1.82) is 0 Å². The predicted molar refractivity (Wildman–Crippen MR) is 156 cm³/mol. The molecule has 4 aliphatic heterocycles. The summed E-state index contributed by atoms with van der Waals surface area (Å²) in [7, 11) is 0. The van der Waals surface area contributed by atoms with Crippen molar-refractivity contribution >= 4 is 23.2 Å². The lowest BCUT2D eigenvalue weighted by Gasteiger charge is -2.46. The van der Waals surface area contributed by atoms with E-state index < -0.39 is 0 Å². The van der Waals surface area contributed by atoms with Crippen molar-refractivity contribution in [2.24, 2.45) is 5.41 Å². The van der Waals surface area contributed by atoms with Crippen molar-refractivity contribution in [2.45, 2.75) is 84.7 Å². The molecule has 0 N–H and O–H groups in total. The second kappa shape index (κ2) is 11.3. The van der Waals surface area contributed by atoms with Crippen LogP contribution in [0.3, 0.4) is 0 Å². The van der Waals surface area contributed by atoms with E-state index in [-0.39, 0.29) is 17.2 Å². The first-order chi connectivity index (χ1) is 18.4. The second-order valence-electron chi connectivity index (χ2n) is 12.0. The lowest BCUT2D eigenvalue weighted by Crippen LogP contribution is -2.54. The highest BCUT2D eigenvalue weighted by molar-refractivity contribution is 6.00. The van der Waals surface area contributed by atoms with Gasteiger partial charge in [-0.3, -0.25) is 14.5 Å². The molecule has 1 aromatic rings. The number of benzene rings is 1. The van der Waals surface area contributed by atoms with E-state index in [4.69, 9.17) is 0 Å². The van der Waals surface area contributed by atoms with Gasteiger partial charge in [0.1, 0.15) is 0 Å². The summed E-state index contributed by atoms with van der Waals surface area (Å²) >= 11 is 0. The van der Waals surface area contributed by atoms with Crippen molar-refractivity contribution in [3.63, 3.8) is 0 Å². The number of amides is 2. The van der Waals surface area contributed by atoms with Gasteiger partial charge in [0.25, 0.3) is 5.91 Å². The SMILES string of the molecule is C/C=C\C(=C/C)C(=O)N1CCC2(CCCN(c3ccc(N4CC[C@H](N5CCC[C@@H]5C)C4)cc3C)C2=O)CC1. The number of hydrogen-bond donors (Lipinski definition) is 0. The minimum Gasteiger partial charge on any atom is -0.370 e. The first kappa shape index (κ1) is 27.0. The fraction of sp³-hybridized carbons (Fsp3) is 0.625. The zero-order valence-electron chi connectivity index (χ0n) is 23.9. The first-order valence-electron chi connectivity index (χ1n) is 14.9. The molecule has 6 nitrogen and oxygen atoms in total. The van der Waals surface area contributed by atoms with Gasteiger partial charge in [-0.15, -0.1) is 0 Å². The van der Waals surface area contributed by atoms with Gasteiger partial charge in [0, 0.05) is 61.8 Å². The van der Waals surface area contributed by atoms with Crippen molar-refractivity contribution in [3.8, 4) is 0 Å². The van der Waals surface area contributed by atoms with Crippen LogP contribution in [0.1, 0.15) is 71.3 Å². The molecule has 4 heterocycles. The first-order valence-corrected chi connectivity index (χ1v) is 14.9. The van der Waals surface area contributed by atoms with Crippen LogP contribution < -0.4 is 9.80 Å². The third-order valence-corrected chi connectivity index (χ3v) is 9.72. The third kappa shape index (κ3) is 5.04. The Morgan fingerprint density at radius 2 is 1.79 bits per heavy atom.